The quantitative estimate of drug-likeness (QED) is 0.619. The van der Waals surface area contributed by atoms with Crippen LogP contribution in [0.5, 0.6) is 0 Å². The number of hydrogen-bond donors (Lipinski definition) is 0. The van der Waals surface area contributed by atoms with Crippen LogP contribution >= 0.6 is 11.6 Å². The molecule has 0 atom stereocenters. The highest BCUT2D eigenvalue weighted by Gasteiger charge is 2.23. The maximum absolute atomic E-state index is 6.26. The first-order valence-corrected chi connectivity index (χ1v) is 5.39. The number of aryl methyl sites for hydroxylation is 1. The Balaban J connectivity index is 2.29. The van der Waals surface area contributed by atoms with Gasteiger partial charge >= 0.3 is 0 Å². The van der Waals surface area contributed by atoms with E-state index in [-0.39, 0.29) is 0 Å². The Hall–Kier alpha value is -1.34. The highest BCUT2D eigenvalue weighted by Crippen LogP contribution is 2.42. The lowest BCUT2D eigenvalue weighted by atomic mass is 9.97. The van der Waals surface area contributed by atoms with Gasteiger partial charge in [-0.2, -0.15) is 0 Å². The van der Waals surface area contributed by atoms with Crippen molar-refractivity contribution in [2.75, 3.05) is 0 Å². The monoisotopic (exact) mass is 215 g/mol. The molecule has 0 aromatic heterocycles. The van der Waals surface area contributed by atoms with Crippen molar-refractivity contribution in [2.24, 2.45) is 4.99 Å². The summed E-state index contributed by atoms with van der Waals surface area (Å²) in [5.41, 5.74) is 5.61. The largest absolute Gasteiger partial charge is 0.252 e. The van der Waals surface area contributed by atoms with Crippen LogP contribution in [-0.2, 0) is 0 Å². The summed E-state index contributed by atoms with van der Waals surface area (Å²) in [5.74, 6) is 0. The number of allylic oxidation sites excluding steroid dienone is 4. The zero-order chi connectivity index (χ0) is 10.4. The molecule has 0 bridgehead atoms. The molecular formula is C13H10ClN. The fourth-order valence-corrected chi connectivity index (χ4v) is 2.48. The lowest BCUT2D eigenvalue weighted by Gasteiger charge is -2.07. The summed E-state index contributed by atoms with van der Waals surface area (Å²) in [5, 5.41) is 0.810. The van der Waals surface area contributed by atoms with E-state index in [4.69, 9.17) is 11.6 Å². The lowest BCUT2D eigenvalue weighted by Crippen LogP contribution is -1.98. The Morgan fingerprint density at radius 2 is 2.20 bits per heavy atom. The van der Waals surface area contributed by atoms with E-state index in [1.165, 1.54) is 5.57 Å². The normalized spacial score (nSPS) is 16.9. The topological polar surface area (TPSA) is 12.4 Å². The predicted molar refractivity (Wildman–Crippen MR) is 65.0 cm³/mol. The Labute approximate surface area is 93.8 Å². The van der Waals surface area contributed by atoms with Crippen LogP contribution in [0.25, 0.3) is 5.57 Å². The number of benzene rings is 1. The third kappa shape index (κ3) is 1.27. The van der Waals surface area contributed by atoms with E-state index >= 15 is 0 Å². The summed E-state index contributed by atoms with van der Waals surface area (Å²) < 4.78 is 0. The van der Waals surface area contributed by atoms with Crippen LogP contribution in [0.2, 0.25) is 5.02 Å². The minimum atomic E-state index is 0.810. The Bertz CT molecular complexity index is 536. The fourth-order valence-electron chi connectivity index (χ4n) is 2.11. The highest BCUT2D eigenvalue weighted by molar-refractivity contribution is 6.39. The van der Waals surface area contributed by atoms with Crippen molar-refractivity contribution in [3.63, 3.8) is 0 Å². The molecule has 2 heteroatoms. The van der Waals surface area contributed by atoms with Crippen LogP contribution in [-0.4, -0.2) is 5.71 Å². The first-order chi connectivity index (χ1) is 7.25. The number of halogens is 1. The Kier molecular flexibility index (Phi) is 1.83. The minimum Gasteiger partial charge on any atom is -0.252 e. The third-order valence-corrected chi connectivity index (χ3v) is 3.06. The molecule has 1 heterocycles. The van der Waals surface area contributed by atoms with Crippen molar-refractivity contribution in [3.8, 4) is 0 Å². The van der Waals surface area contributed by atoms with Crippen molar-refractivity contribution in [3.05, 3.63) is 46.5 Å². The molecule has 1 aliphatic heterocycles. The van der Waals surface area contributed by atoms with Gasteiger partial charge in [-0.1, -0.05) is 29.8 Å². The summed E-state index contributed by atoms with van der Waals surface area (Å²) >= 11 is 6.26. The van der Waals surface area contributed by atoms with Gasteiger partial charge in [-0.3, -0.25) is 4.99 Å². The van der Waals surface area contributed by atoms with Gasteiger partial charge in [0.1, 0.15) is 0 Å². The molecule has 1 aromatic rings. The van der Waals surface area contributed by atoms with Crippen molar-refractivity contribution in [1.82, 2.24) is 0 Å². The van der Waals surface area contributed by atoms with Gasteiger partial charge in [0, 0.05) is 17.6 Å². The molecule has 15 heavy (non-hydrogen) atoms. The van der Waals surface area contributed by atoms with Crippen LogP contribution in [0.4, 0.5) is 5.69 Å². The highest BCUT2D eigenvalue weighted by atomic mass is 35.5. The van der Waals surface area contributed by atoms with Gasteiger partial charge < -0.3 is 0 Å². The summed E-state index contributed by atoms with van der Waals surface area (Å²) in [7, 11) is 0. The van der Waals surface area contributed by atoms with Crippen LogP contribution < -0.4 is 0 Å². The zero-order valence-electron chi connectivity index (χ0n) is 8.42. The second-order valence-electron chi connectivity index (χ2n) is 3.91. The van der Waals surface area contributed by atoms with Crippen LogP contribution in [0.3, 0.4) is 0 Å². The number of rotatable bonds is 0. The van der Waals surface area contributed by atoms with Gasteiger partial charge in [0.15, 0.2) is 0 Å². The molecule has 0 amide bonds. The van der Waals surface area contributed by atoms with Crippen molar-refractivity contribution in [2.45, 2.75) is 13.3 Å². The molecule has 0 unspecified atom stereocenters. The van der Waals surface area contributed by atoms with Gasteiger partial charge in [-0.15, -0.1) is 0 Å². The van der Waals surface area contributed by atoms with Crippen LogP contribution in [0, 0.1) is 6.92 Å². The molecule has 0 N–H and O–H groups in total. The Morgan fingerprint density at radius 3 is 3.07 bits per heavy atom. The average Bonchev–Trinajstić information content (AvgIpc) is 2.54. The second-order valence-corrected chi connectivity index (χ2v) is 4.32. The molecule has 0 fully saturated rings. The maximum Gasteiger partial charge on any atom is 0.0730 e. The third-order valence-electron chi connectivity index (χ3n) is 2.76. The lowest BCUT2D eigenvalue weighted by molar-refractivity contribution is 1.42. The number of aliphatic imine (C=N–C) groups is 1. The maximum atomic E-state index is 6.26. The predicted octanol–water partition coefficient (Wildman–Crippen LogP) is 4.08. The molecule has 0 radical (unpaired) electrons. The average molecular weight is 216 g/mol. The van der Waals surface area contributed by atoms with Gasteiger partial charge in [-0.25, -0.2) is 0 Å². The molecule has 1 aromatic carbocycles. The van der Waals surface area contributed by atoms with Crippen LogP contribution in [0.15, 0.2) is 35.4 Å². The van der Waals surface area contributed by atoms with E-state index in [1.807, 2.05) is 13.0 Å². The SMILES string of the molecule is Cc1cc(Cl)c2c(c1)N=C1CC=CC=C12. The summed E-state index contributed by atoms with van der Waals surface area (Å²) in [6.07, 6.45) is 7.19. The second kappa shape index (κ2) is 3.07. The smallest absolute Gasteiger partial charge is 0.0730 e. The van der Waals surface area contributed by atoms with Gasteiger partial charge in [-0.05, 0) is 24.6 Å². The van der Waals surface area contributed by atoms with Crippen molar-refractivity contribution >= 4 is 28.6 Å². The molecular weight excluding hydrogens is 206 g/mol. The van der Waals surface area contributed by atoms with Crippen molar-refractivity contribution < 1.29 is 0 Å². The molecule has 0 saturated carbocycles. The van der Waals surface area contributed by atoms with E-state index < -0.39 is 0 Å². The molecule has 1 aliphatic carbocycles. The first kappa shape index (κ1) is 8.93. The number of hydrogen-bond acceptors (Lipinski definition) is 1. The van der Waals surface area contributed by atoms with Gasteiger partial charge in [0.05, 0.1) is 16.4 Å². The number of nitrogens with zero attached hydrogens (tertiary/aromatic N) is 1. The fraction of sp³-hybridized carbons (Fsp3) is 0.154. The van der Waals surface area contributed by atoms with E-state index in [1.54, 1.807) is 0 Å². The van der Waals surface area contributed by atoms with Gasteiger partial charge in [0.25, 0.3) is 0 Å². The van der Waals surface area contributed by atoms with E-state index in [0.717, 1.165) is 34.0 Å². The van der Waals surface area contributed by atoms with Gasteiger partial charge in [0.2, 0.25) is 0 Å². The molecule has 0 saturated heterocycles. The van der Waals surface area contributed by atoms with Crippen LogP contribution in [0.1, 0.15) is 17.5 Å². The minimum absolute atomic E-state index is 0.810. The standard InChI is InChI=1S/C13H10ClN/c1-8-6-10(14)13-9-4-2-3-5-11(9)15-12(13)7-8/h2-4,6-7H,5H2,1H3. The first-order valence-electron chi connectivity index (χ1n) is 5.01. The summed E-state index contributed by atoms with van der Waals surface area (Å²) in [4.78, 5) is 4.61. The molecule has 2 aliphatic rings. The summed E-state index contributed by atoms with van der Waals surface area (Å²) in [6, 6.07) is 4.09. The number of fused-ring (bicyclic) bond motifs is 3. The molecule has 74 valence electrons. The molecule has 0 spiro atoms. The summed E-state index contributed by atoms with van der Waals surface area (Å²) in [6.45, 7) is 2.04. The van der Waals surface area contributed by atoms with E-state index in [9.17, 15) is 0 Å². The molecule has 1 nitrogen and oxygen atoms in total. The van der Waals surface area contributed by atoms with Crippen molar-refractivity contribution in [1.29, 1.82) is 0 Å². The molecule has 3 rings (SSSR count). The Morgan fingerprint density at radius 1 is 1.33 bits per heavy atom. The zero-order valence-corrected chi connectivity index (χ0v) is 9.17. The van der Waals surface area contributed by atoms with E-state index in [0.29, 0.717) is 0 Å². The van der Waals surface area contributed by atoms with E-state index in [2.05, 4.69) is 29.3 Å².